The average molecular weight is 378 g/mol. The minimum absolute atomic E-state index is 0. The highest BCUT2D eigenvalue weighted by Crippen LogP contribution is 2.21. The molecule has 1 unspecified atom stereocenters. The first-order chi connectivity index (χ1) is 12.2. The largest absolute Gasteiger partial charge is 0.350 e. The number of halogens is 1. The van der Waals surface area contributed by atoms with Gasteiger partial charge in [0.15, 0.2) is 5.69 Å². The van der Waals surface area contributed by atoms with E-state index in [2.05, 4.69) is 40.0 Å². The summed E-state index contributed by atoms with van der Waals surface area (Å²) in [6.07, 6.45) is 3.03. The molecule has 0 radical (unpaired) electrons. The molecule has 1 aliphatic rings. The van der Waals surface area contributed by atoms with Gasteiger partial charge < -0.3 is 10.6 Å². The molecule has 0 saturated carbocycles. The van der Waals surface area contributed by atoms with E-state index in [0.29, 0.717) is 24.2 Å². The minimum atomic E-state index is -0.132. The maximum Gasteiger partial charge on any atom is 0.273 e. The maximum atomic E-state index is 12.6. The molecule has 26 heavy (non-hydrogen) atoms. The predicted molar refractivity (Wildman–Crippen MR) is 105 cm³/mol. The summed E-state index contributed by atoms with van der Waals surface area (Å²) in [5, 5.41) is 14.8. The molecule has 0 aliphatic carbocycles. The molecule has 2 N–H and O–H groups in total. The number of rotatable bonds is 6. The SMILES string of the molecule is CCC(CNC(=O)c1nnn(C2CCNCC2)c1C)c1ccccc1.Cl. The van der Waals surface area contributed by atoms with Crippen molar-refractivity contribution in [3.63, 3.8) is 0 Å². The van der Waals surface area contributed by atoms with Crippen molar-refractivity contribution in [3.05, 3.63) is 47.3 Å². The lowest BCUT2D eigenvalue weighted by molar-refractivity contribution is 0.0945. The predicted octanol–water partition coefficient (Wildman–Crippen LogP) is 2.86. The van der Waals surface area contributed by atoms with Crippen LogP contribution in [0.25, 0.3) is 0 Å². The van der Waals surface area contributed by atoms with Crippen LogP contribution in [0.15, 0.2) is 30.3 Å². The molecule has 142 valence electrons. The van der Waals surface area contributed by atoms with E-state index in [4.69, 9.17) is 0 Å². The Hall–Kier alpha value is -1.92. The van der Waals surface area contributed by atoms with Crippen LogP contribution >= 0.6 is 12.4 Å². The molecule has 0 bridgehead atoms. The summed E-state index contributed by atoms with van der Waals surface area (Å²) in [6, 6.07) is 10.6. The van der Waals surface area contributed by atoms with Crippen LogP contribution in [0.1, 0.15) is 59.9 Å². The van der Waals surface area contributed by atoms with Crippen molar-refractivity contribution in [2.45, 2.75) is 45.1 Å². The zero-order valence-electron chi connectivity index (χ0n) is 15.4. The smallest absolute Gasteiger partial charge is 0.273 e. The molecule has 1 fully saturated rings. The van der Waals surface area contributed by atoms with Crippen molar-refractivity contribution < 1.29 is 4.79 Å². The highest BCUT2D eigenvalue weighted by atomic mass is 35.5. The molecule has 1 aromatic carbocycles. The second kappa shape index (κ2) is 9.69. The topological polar surface area (TPSA) is 71.8 Å². The molecule has 3 rings (SSSR count). The van der Waals surface area contributed by atoms with E-state index in [1.165, 1.54) is 5.56 Å². The highest BCUT2D eigenvalue weighted by molar-refractivity contribution is 5.93. The Morgan fingerprint density at radius 1 is 1.31 bits per heavy atom. The van der Waals surface area contributed by atoms with Gasteiger partial charge in [0.1, 0.15) is 0 Å². The third-order valence-electron chi connectivity index (χ3n) is 5.07. The van der Waals surface area contributed by atoms with Crippen molar-refractivity contribution >= 4 is 18.3 Å². The van der Waals surface area contributed by atoms with E-state index >= 15 is 0 Å². The average Bonchev–Trinajstić information content (AvgIpc) is 3.05. The lowest BCUT2D eigenvalue weighted by atomic mass is 9.96. The van der Waals surface area contributed by atoms with Gasteiger partial charge in [0.05, 0.1) is 11.7 Å². The van der Waals surface area contributed by atoms with E-state index in [-0.39, 0.29) is 18.3 Å². The monoisotopic (exact) mass is 377 g/mol. The molecule has 1 aromatic heterocycles. The molecule has 0 spiro atoms. The van der Waals surface area contributed by atoms with Crippen LogP contribution < -0.4 is 10.6 Å². The zero-order chi connectivity index (χ0) is 17.6. The van der Waals surface area contributed by atoms with Crippen LogP contribution in [0.5, 0.6) is 0 Å². The van der Waals surface area contributed by atoms with Crippen LogP contribution in [0.4, 0.5) is 0 Å². The van der Waals surface area contributed by atoms with E-state index in [9.17, 15) is 4.79 Å². The zero-order valence-corrected chi connectivity index (χ0v) is 16.3. The number of nitrogens with zero attached hydrogens (tertiary/aromatic N) is 3. The first-order valence-corrected chi connectivity index (χ1v) is 9.16. The van der Waals surface area contributed by atoms with Gasteiger partial charge in [-0.05, 0) is 44.8 Å². The van der Waals surface area contributed by atoms with Gasteiger partial charge in [-0.15, -0.1) is 17.5 Å². The number of piperidine rings is 1. The Kier molecular flexibility index (Phi) is 7.60. The molecule has 7 heteroatoms. The van der Waals surface area contributed by atoms with Crippen LogP contribution in [0.2, 0.25) is 0 Å². The standard InChI is InChI=1S/C19H27N5O.ClH/c1-3-15(16-7-5-4-6-8-16)13-21-19(25)18-14(2)24(23-22-18)17-9-11-20-12-10-17;/h4-8,15,17,20H,3,9-13H2,1-2H3,(H,21,25);1H. The van der Waals surface area contributed by atoms with Crippen molar-refractivity contribution in [2.75, 3.05) is 19.6 Å². The van der Waals surface area contributed by atoms with Crippen LogP contribution in [0.3, 0.4) is 0 Å². The number of hydrogen-bond donors (Lipinski definition) is 2. The molecular formula is C19H28ClN5O. The first-order valence-electron chi connectivity index (χ1n) is 9.16. The van der Waals surface area contributed by atoms with Crippen LogP contribution in [-0.4, -0.2) is 40.5 Å². The summed E-state index contributed by atoms with van der Waals surface area (Å²) in [5.41, 5.74) is 2.55. The second-order valence-corrected chi connectivity index (χ2v) is 6.68. The van der Waals surface area contributed by atoms with Crippen molar-refractivity contribution in [3.8, 4) is 0 Å². The number of hydrogen-bond acceptors (Lipinski definition) is 4. The quantitative estimate of drug-likeness (QED) is 0.811. The fraction of sp³-hybridized carbons (Fsp3) is 0.526. The third-order valence-corrected chi connectivity index (χ3v) is 5.07. The minimum Gasteiger partial charge on any atom is -0.350 e. The first kappa shape index (κ1) is 20.4. The van der Waals surface area contributed by atoms with Gasteiger partial charge in [-0.1, -0.05) is 42.5 Å². The lowest BCUT2D eigenvalue weighted by Gasteiger charge is -2.23. The number of aromatic nitrogens is 3. The van der Waals surface area contributed by atoms with Crippen molar-refractivity contribution in [1.82, 2.24) is 25.6 Å². The Morgan fingerprint density at radius 3 is 2.65 bits per heavy atom. The van der Waals surface area contributed by atoms with Gasteiger partial charge in [0, 0.05) is 12.5 Å². The summed E-state index contributed by atoms with van der Waals surface area (Å²) >= 11 is 0. The summed E-state index contributed by atoms with van der Waals surface area (Å²) in [7, 11) is 0. The Balaban J connectivity index is 0.00000243. The van der Waals surface area contributed by atoms with Gasteiger partial charge in [0.25, 0.3) is 5.91 Å². The van der Waals surface area contributed by atoms with Crippen LogP contribution in [0, 0.1) is 6.92 Å². The lowest BCUT2D eigenvalue weighted by Crippen LogP contribution is -2.31. The Labute approximate surface area is 161 Å². The van der Waals surface area contributed by atoms with E-state index in [1.54, 1.807) is 0 Å². The molecule has 6 nitrogen and oxygen atoms in total. The number of carbonyl (C=O) groups is 1. The second-order valence-electron chi connectivity index (χ2n) is 6.68. The molecular weight excluding hydrogens is 350 g/mol. The Bertz CT molecular complexity index is 697. The Morgan fingerprint density at radius 2 is 2.00 bits per heavy atom. The molecule has 2 heterocycles. The molecule has 1 saturated heterocycles. The number of carbonyl (C=O) groups excluding carboxylic acids is 1. The van der Waals surface area contributed by atoms with Gasteiger partial charge in [-0.2, -0.15) is 0 Å². The van der Waals surface area contributed by atoms with Gasteiger partial charge in [-0.25, -0.2) is 4.68 Å². The molecule has 1 amide bonds. The van der Waals surface area contributed by atoms with Crippen molar-refractivity contribution in [1.29, 1.82) is 0 Å². The molecule has 1 atom stereocenters. The summed E-state index contributed by atoms with van der Waals surface area (Å²) in [6.45, 7) is 6.66. The fourth-order valence-corrected chi connectivity index (χ4v) is 3.47. The van der Waals surface area contributed by atoms with Crippen LogP contribution in [-0.2, 0) is 0 Å². The van der Waals surface area contributed by atoms with E-state index in [1.807, 2.05) is 29.8 Å². The van der Waals surface area contributed by atoms with Gasteiger partial charge in [-0.3, -0.25) is 4.79 Å². The fourth-order valence-electron chi connectivity index (χ4n) is 3.47. The normalized spacial score (nSPS) is 15.9. The summed E-state index contributed by atoms with van der Waals surface area (Å²) in [5.74, 6) is 0.178. The number of benzene rings is 1. The van der Waals surface area contributed by atoms with E-state index < -0.39 is 0 Å². The van der Waals surface area contributed by atoms with Crippen molar-refractivity contribution in [2.24, 2.45) is 0 Å². The molecule has 2 aromatic rings. The summed E-state index contributed by atoms with van der Waals surface area (Å²) < 4.78 is 1.92. The number of amides is 1. The van der Waals surface area contributed by atoms with Gasteiger partial charge >= 0.3 is 0 Å². The van der Waals surface area contributed by atoms with E-state index in [0.717, 1.165) is 38.0 Å². The summed E-state index contributed by atoms with van der Waals surface area (Å²) in [4.78, 5) is 12.6. The van der Waals surface area contributed by atoms with Gasteiger partial charge in [0.2, 0.25) is 0 Å². The molecule has 1 aliphatic heterocycles. The third kappa shape index (κ3) is 4.62. The highest BCUT2D eigenvalue weighted by Gasteiger charge is 2.23. The maximum absolute atomic E-state index is 12.6. The number of nitrogens with one attached hydrogen (secondary N) is 2.